The highest BCUT2D eigenvalue weighted by Gasteiger charge is 2.37. The van der Waals surface area contributed by atoms with Crippen molar-refractivity contribution in [1.82, 2.24) is 0 Å². The van der Waals surface area contributed by atoms with Gasteiger partial charge in [0.2, 0.25) is 0 Å². The molecule has 2 nitrogen and oxygen atoms in total. The van der Waals surface area contributed by atoms with Crippen molar-refractivity contribution in [2.24, 2.45) is 5.73 Å². The topological polar surface area (TPSA) is 35.2 Å². The van der Waals surface area contributed by atoms with Gasteiger partial charge in [-0.15, -0.1) is 0 Å². The van der Waals surface area contributed by atoms with E-state index in [0.717, 1.165) is 38.2 Å². The smallest absolute Gasteiger partial charge is 0.274 e. The summed E-state index contributed by atoms with van der Waals surface area (Å²) in [4.78, 5) is 0. The molecule has 2 N–H and O–H groups in total. The zero-order chi connectivity index (χ0) is 14.1. The first-order valence-electron chi connectivity index (χ1n) is 6.70. The summed E-state index contributed by atoms with van der Waals surface area (Å²) in [6.45, 7) is 1.41. The Morgan fingerprint density at radius 1 is 1.32 bits per heavy atom. The Bertz CT molecular complexity index is 448. The van der Waals surface area contributed by atoms with Gasteiger partial charge in [0.15, 0.2) is 0 Å². The fraction of sp³-hybridized carbons (Fsp3) is 0.600. The maximum Gasteiger partial charge on any atom is 0.274 e. The Balaban J connectivity index is 2.48. The first-order valence-corrected chi connectivity index (χ1v) is 6.70. The third-order valence-electron chi connectivity index (χ3n) is 4.24. The number of rotatable bonds is 4. The lowest BCUT2D eigenvalue weighted by atomic mass is 9.78. The van der Waals surface area contributed by atoms with Gasteiger partial charge in [-0.05, 0) is 30.5 Å². The zero-order valence-electron chi connectivity index (χ0n) is 11.5. The maximum atomic E-state index is 13.7. The molecule has 0 bridgehead atoms. The standard InChI is InChI=1S/C15H21F2NO/c1-14(16,17)12-9-11(5-6-13(12)19-2)15(10-18)7-3-4-8-15/h5-6,9H,3-4,7-8,10,18H2,1-2H3. The minimum Gasteiger partial charge on any atom is -0.496 e. The van der Waals surface area contributed by atoms with Crippen molar-refractivity contribution in [3.05, 3.63) is 29.3 Å². The van der Waals surface area contributed by atoms with Crippen molar-refractivity contribution >= 4 is 0 Å². The molecule has 0 radical (unpaired) electrons. The largest absolute Gasteiger partial charge is 0.496 e. The van der Waals surface area contributed by atoms with Gasteiger partial charge in [-0.2, -0.15) is 0 Å². The molecule has 1 aromatic carbocycles. The Labute approximate surface area is 112 Å². The minimum atomic E-state index is -2.91. The van der Waals surface area contributed by atoms with E-state index in [9.17, 15) is 8.78 Å². The average Bonchev–Trinajstić information content (AvgIpc) is 2.87. The Hall–Kier alpha value is -1.16. The quantitative estimate of drug-likeness (QED) is 0.906. The number of nitrogens with two attached hydrogens (primary N) is 1. The van der Waals surface area contributed by atoms with Crippen molar-refractivity contribution in [3.8, 4) is 5.75 Å². The molecule has 106 valence electrons. The van der Waals surface area contributed by atoms with Crippen LogP contribution in [0.5, 0.6) is 5.75 Å². The molecule has 1 saturated carbocycles. The highest BCUT2D eigenvalue weighted by Crippen LogP contribution is 2.43. The number of halogens is 2. The van der Waals surface area contributed by atoms with E-state index in [2.05, 4.69) is 0 Å². The van der Waals surface area contributed by atoms with Crippen molar-refractivity contribution < 1.29 is 13.5 Å². The van der Waals surface area contributed by atoms with Crippen molar-refractivity contribution in [3.63, 3.8) is 0 Å². The predicted octanol–water partition coefficient (Wildman–Crippen LogP) is 3.58. The van der Waals surface area contributed by atoms with E-state index < -0.39 is 5.92 Å². The fourth-order valence-electron chi connectivity index (χ4n) is 3.04. The Kier molecular flexibility index (Phi) is 3.81. The van der Waals surface area contributed by atoms with E-state index in [1.54, 1.807) is 12.1 Å². The van der Waals surface area contributed by atoms with Crippen LogP contribution in [0.2, 0.25) is 0 Å². The van der Waals surface area contributed by atoms with Gasteiger partial charge in [-0.3, -0.25) is 0 Å². The van der Waals surface area contributed by atoms with E-state index in [1.165, 1.54) is 7.11 Å². The lowest BCUT2D eigenvalue weighted by Crippen LogP contribution is -2.32. The molecule has 19 heavy (non-hydrogen) atoms. The van der Waals surface area contributed by atoms with Gasteiger partial charge in [0.25, 0.3) is 5.92 Å². The van der Waals surface area contributed by atoms with E-state index in [0.29, 0.717) is 6.54 Å². The van der Waals surface area contributed by atoms with Crippen LogP contribution in [0.3, 0.4) is 0 Å². The van der Waals surface area contributed by atoms with E-state index in [1.807, 2.05) is 6.07 Å². The second kappa shape index (κ2) is 5.08. The molecule has 0 spiro atoms. The molecule has 1 aromatic rings. The summed E-state index contributed by atoms with van der Waals surface area (Å²) in [7, 11) is 1.42. The van der Waals surface area contributed by atoms with Crippen LogP contribution in [0.1, 0.15) is 43.7 Å². The fourth-order valence-corrected chi connectivity index (χ4v) is 3.04. The number of benzene rings is 1. The lowest BCUT2D eigenvalue weighted by Gasteiger charge is -2.29. The molecule has 0 heterocycles. The Morgan fingerprint density at radius 2 is 1.95 bits per heavy atom. The molecule has 1 aliphatic rings. The number of hydrogen-bond donors (Lipinski definition) is 1. The summed E-state index contributed by atoms with van der Waals surface area (Å²) in [5.41, 5.74) is 6.65. The van der Waals surface area contributed by atoms with Crippen LogP contribution in [0, 0.1) is 0 Å². The molecule has 0 aliphatic heterocycles. The second-order valence-corrected chi connectivity index (χ2v) is 5.49. The third-order valence-corrected chi connectivity index (χ3v) is 4.24. The molecule has 1 aliphatic carbocycles. The van der Waals surface area contributed by atoms with Gasteiger partial charge in [-0.25, -0.2) is 8.78 Å². The van der Waals surface area contributed by atoms with Crippen molar-refractivity contribution in [2.45, 2.75) is 43.9 Å². The van der Waals surface area contributed by atoms with Crippen LogP contribution in [0.25, 0.3) is 0 Å². The number of hydrogen-bond acceptors (Lipinski definition) is 2. The van der Waals surface area contributed by atoms with E-state index in [-0.39, 0.29) is 16.7 Å². The first kappa shape index (κ1) is 14.3. The summed E-state index contributed by atoms with van der Waals surface area (Å²) >= 11 is 0. The SMILES string of the molecule is COc1ccc(C2(CN)CCCC2)cc1C(C)(F)F. The zero-order valence-corrected chi connectivity index (χ0v) is 11.5. The molecule has 4 heteroatoms. The van der Waals surface area contributed by atoms with E-state index >= 15 is 0 Å². The average molecular weight is 269 g/mol. The Morgan fingerprint density at radius 3 is 2.42 bits per heavy atom. The van der Waals surface area contributed by atoms with Crippen molar-refractivity contribution in [1.29, 1.82) is 0 Å². The molecule has 2 rings (SSSR count). The van der Waals surface area contributed by atoms with Gasteiger partial charge < -0.3 is 10.5 Å². The summed E-state index contributed by atoms with van der Waals surface area (Å²) in [5.74, 6) is -2.67. The van der Waals surface area contributed by atoms with Crippen LogP contribution >= 0.6 is 0 Å². The summed E-state index contributed by atoms with van der Waals surface area (Å²) < 4.78 is 32.4. The van der Waals surface area contributed by atoms with Gasteiger partial charge in [0.05, 0.1) is 12.7 Å². The van der Waals surface area contributed by atoms with Gasteiger partial charge in [0, 0.05) is 18.9 Å². The molecule has 0 saturated heterocycles. The molecule has 0 atom stereocenters. The molecule has 0 unspecified atom stereocenters. The monoisotopic (exact) mass is 269 g/mol. The van der Waals surface area contributed by atoms with Crippen LogP contribution in [0.4, 0.5) is 8.78 Å². The molecular formula is C15H21F2NO. The summed E-state index contributed by atoms with van der Waals surface area (Å²) in [6, 6.07) is 5.10. The lowest BCUT2D eigenvalue weighted by molar-refractivity contribution is 0.0149. The number of ether oxygens (including phenoxy) is 1. The van der Waals surface area contributed by atoms with Gasteiger partial charge in [0.1, 0.15) is 5.75 Å². The molecule has 0 aromatic heterocycles. The minimum absolute atomic E-state index is 0.0489. The third kappa shape index (κ3) is 2.59. The maximum absolute atomic E-state index is 13.7. The molecule has 0 amide bonds. The van der Waals surface area contributed by atoms with Gasteiger partial charge >= 0.3 is 0 Å². The van der Waals surface area contributed by atoms with E-state index in [4.69, 9.17) is 10.5 Å². The normalized spacial score (nSPS) is 18.6. The highest BCUT2D eigenvalue weighted by molar-refractivity contribution is 5.43. The van der Waals surface area contributed by atoms with Crippen LogP contribution in [-0.4, -0.2) is 13.7 Å². The van der Waals surface area contributed by atoms with Crippen LogP contribution in [0.15, 0.2) is 18.2 Å². The molecule has 1 fully saturated rings. The summed E-state index contributed by atoms with van der Waals surface area (Å²) in [5, 5.41) is 0. The molecular weight excluding hydrogens is 248 g/mol. The van der Waals surface area contributed by atoms with Crippen LogP contribution in [-0.2, 0) is 11.3 Å². The highest BCUT2D eigenvalue weighted by atomic mass is 19.3. The van der Waals surface area contributed by atoms with Gasteiger partial charge in [-0.1, -0.05) is 18.9 Å². The first-order chi connectivity index (χ1) is 8.93. The number of alkyl halides is 2. The van der Waals surface area contributed by atoms with Crippen LogP contribution < -0.4 is 10.5 Å². The number of methoxy groups -OCH3 is 1. The van der Waals surface area contributed by atoms with Crippen molar-refractivity contribution in [2.75, 3.05) is 13.7 Å². The second-order valence-electron chi connectivity index (χ2n) is 5.49. The summed E-state index contributed by atoms with van der Waals surface area (Å²) in [6.07, 6.45) is 4.18. The predicted molar refractivity (Wildman–Crippen MR) is 71.8 cm³/mol.